The van der Waals surface area contributed by atoms with E-state index < -0.39 is 4.92 Å². The second-order valence-corrected chi connectivity index (χ2v) is 7.52. The molecule has 3 rings (SSSR count). The Morgan fingerprint density at radius 2 is 1.83 bits per heavy atom. The molecule has 0 saturated carbocycles. The van der Waals surface area contributed by atoms with Gasteiger partial charge in [0.05, 0.1) is 18.1 Å². The first-order valence-corrected chi connectivity index (χ1v) is 10.3. The molecule has 0 radical (unpaired) electrons. The molecule has 164 valence electrons. The molecule has 0 aliphatic carbocycles. The van der Waals surface area contributed by atoms with Crippen molar-refractivity contribution < 1.29 is 19.2 Å². The Hall–Kier alpha value is -2.72. The van der Waals surface area contributed by atoms with Gasteiger partial charge in [0.25, 0.3) is 11.6 Å². The summed E-state index contributed by atoms with van der Waals surface area (Å²) in [4.78, 5) is 41.0. The van der Waals surface area contributed by atoms with Crippen LogP contribution < -0.4 is 10.2 Å². The Labute approximate surface area is 175 Å². The van der Waals surface area contributed by atoms with Gasteiger partial charge in [0, 0.05) is 64.4 Å². The van der Waals surface area contributed by atoms with Gasteiger partial charge in [0.1, 0.15) is 5.69 Å². The maximum Gasteiger partial charge on any atom is 0.293 e. The maximum atomic E-state index is 12.5. The molecular formula is C20H29N5O5. The molecule has 2 aliphatic rings. The zero-order valence-corrected chi connectivity index (χ0v) is 17.3. The Kier molecular flexibility index (Phi) is 7.58. The zero-order chi connectivity index (χ0) is 21.5. The number of rotatable bonds is 7. The molecule has 1 aromatic rings. The summed E-state index contributed by atoms with van der Waals surface area (Å²) in [5.41, 5.74) is 0.665. The maximum absolute atomic E-state index is 12.5. The van der Waals surface area contributed by atoms with Crippen molar-refractivity contribution in [3.8, 4) is 0 Å². The van der Waals surface area contributed by atoms with Crippen LogP contribution in [0.15, 0.2) is 18.2 Å². The Morgan fingerprint density at radius 3 is 2.47 bits per heavy atom. The molecule has 2 amide bonds. The summed E-state index contributed by atoms with van der Waals surface area (Å²) in [5, 5.41) is 14.5. The molecule has 0 unspecified atom stereocenters. The van der Waals surface area contributed by atoms with E-state index in [0.29, 0.717) is 38.4 Å². The number of ether oxygens (including phenoxy) is 1. The highest BCUT2D eigenvalue weighted by Gasteiger charge is 2.25. The lowest BCUT2D eigenvalue weighted by molar-refractivity contribution is -0.384. The van der Waals surface area contributed by atoms with Gasteiger partial charge in [0.15, 0.2) is 0 Å². The molecule has 2 fully saturated rings. The van der Waals surface area contributed by atoms with Crippen LogP contribution >= 0.6 is 0 Å². The van der Waals surface area contributed by atoms with Crippen molar-refractivity contribution in [2.24, 2.45) is 0 Å². The number of anilines is 1. The van der Waals surface area contributed by atoms with E-state index in [1.165, 1.54) is 13.0 Å². The number of nitrogens with one attached hydrogen (secondary N) is 1. The van der Waals surface area contributed by atoms with Crippen molar-refractivity contribution in [3.05, 3.63) is 33.9 Å². The van der Waals surface area contributed by atoms with E-state index in [-0.39, 0.29) is 23.1 Å². The highest BCUT2D eigenvalue weighted by atomic mass is 16.6. The van der Waals surface area contributed by atoms with Crippen LogP contribution in [0.25, 0.3) is 0 Å². The molecule has 10 heteroatoms. The van der Waals surface area contributed by atoms with E-state index in [0.717, 1.165) is 39.3 Å². The second kappa shape index (κ2) is 10.4. The lowest BCUT2D eigenvalue weighted by Gasteiger charge is -2.35. The van der Waals surface area contributed by atoms with Crippen molar-refractivity contribution in [1.29, 1.82) is 0 Å². The molecule has 2 aliphatic heterocycles. The fourth-order valence-corrected chi connectivity index (χ4v) is 3.77. The van der Waals surface area contributed by atoms with E-state index in [4.69, 9.17) is 4.74 Å². The second-order valence-electron chi connectivity index (χ2n) is 7.52. The smallest absolute Gasteiger partial charge is 0.293 e. The van der Waals surface area contributed by atoms with Crippen molar-refractivity contribution in [2.75, 3.05) is 70.5 Å². The predicted octanol–water partition coefficient (Wildman–Crippen LogP) is 0.715. The van der Waals surface area contributed by atoms with Gasteiger partial charge < -0.3 is 19.9 Å². The largest absolute Gasteiger partial charge is 0.379 e. The van der Waals surface area contributed by atoms with Crippen LogP contribution in [0.3, 0.4) is 0 Å². The third-order valence-corrected chi connectivity index (χ3v) is 5.54. The van der Waals surface area contributed by atoms with E-state index in [1.54, 1.807) is 17.0 Å². The van der Waals surface area contributed by atoms with Crippen LogP contribution in [0.2, 0.25) is 0 Å². The van der Waals surface area contributed by atoms with Gasteiger partial charge in [0.2, 0.25) is 5.91 Å². The summed E-state index contributed by atoms with van der Waals surface area (Å²) in [6, 6.07) is 4.59. The van der Waals surface area contributed by atoms with E-state index in [1.807, 2.05) is 4.90 Å². The average molecular weight is 419 g/mol. The fourth-order valence-electron chi connectivity index (χ4n) is 3.77. The van der Waals surface area contributed by atoms with Crippen LogP contribution in [-0.2, 0) is 9.53 Å². The standard InChI is InChI=1S/C20H29N5O5/c1-16(26)23-7-9-24(10-8-23)18-4-3-17(15-19(18)25(28)29)20(27)21-5-2-6-22-11-13-30-14-12-22/h3-4,15H,2,5-14H2,1H3,(H,21,27). The minimum Gasteiger partial charge on any atom is -0.379 e. The van der Waals surface area contributed by atoms with Gasteiger partial charge in [-0.05, 0) is 25.1 Å². The van der Waals surface area contributed by atoms with Crippen molar-refractivity contribution in [1.82, 2.24) is 15.1 Å². The predicted molar refractivity (Wildman–Crippen MR) is 112 cm³/mol. The third kappa shape index (κ3) is 5.67. The summed E-state index contributed by atoms with van der Waals surface area (Å²) < 4.78 is 5.31. The molecule has 1 aromatic carbocycles. The average Bonchev–Trinajstić information content (AvgIpc) is 2.77. The van der Waals surface area contributed by atoms with Crippen LogP contribution in [0.1, 0.15) is 23.7 Å². The highest BCUT2D eigenvalue weighted by molar-refractivity contribution is 5.95. The molecule has 0 aromatic heterocycles. The number of nitrogens with zero attached hydrogens (tertiary/aromatic N) is 4. The lowest BCUT2D eigenvalue weighted by atomic mass is 10.1. The first kappa shape index (κ1) is 22.0. The van der Waals surface area contributed by atoms with Gasteiger partial charge in [-0.2, -0.15) is 0 Å². The van der Waals surface area contributed by atoms with E-state index in [2.05, 4.69) is 10.2 Å². The van der Waals surface area contributed by atoms with Crippen molar-refractivity contribution in [3.63, 3.8) is 0 Å². The number of hydrogen-bond donors (Lipinski definition) is 1. The Morgan fingerprint density at radius 1 is 1.13 bits per heavy atom. The van der Waals surface area contributed by atoms with Crippen molar-refractivity contribution >= 4 is 23.2 Å². The number of hydrogen-bond acceptors (Lipinski definition) is 7. The van der Waals surface area contributed by atoms with Crippen LogP contribution in [0, 0.1) is 10.1 Å². The third-order valence-electron chi connectivity index (χ3n) is 5.54. The summed E-state index contributed by atoms with van der Waals surface area (Å²) >= 11 is 0. The SMILES string of the molecule is CC(=O)N1CCN(c2ccc(C(=O)NCCCN3CCOCC3)cc2[N+](=O)[O-])CC1. The first-order valence-electron chi connectivity index (χ1n) is 10.3. The molecule has 10 nitrogen and oxygen atoms in total. The number of carbonyl (C=O) groups is 2. The minimum absolute atomic E-state index is 0.00443. The van der Waals surface area contributed by atoms with E-state index in [9.17, 15) is 19.7 Å². The molecule has 0 spiro atoms. The summed E-state index contributed by atoms with van der Waals surface area (Å²) in [6.45, 7) is 8.31. The molecule has 2 heterocycles. The van der Waals surface area contributed by atoms with Crippen molar-refractivity contribution in [2.45, 2.75) is 13.3 Å². The number of morpholine rings is 1. The van der Waals surface area contributed by atoms with Gasteiger partial charge >= 0.3 is 0 Å². The molecule has 1 N–H and O–H groups in total. The van der Waals surface area contributed by atoms with Gasteiger partial charge in [-0.3, -0.25) is 24.6 Å². The number of piperazine rings is 1. The highest BCUT2D eigenvalue weighted by Crippen LogP contribution is 2.30. The van der Waals surface area contributed by atoms with Gasteiger partial charge in [-0.15, -0.1) is 0 Å². The number of nitro groups is 1. The Bertz CT molecular complexity index is 773. The van der Waals surface area contributed by atoms with Crippen LogP contribution in [0.5, 0.6) is 0 Å². The zero-order valence-electron chi connectivity index (χ0n) is 17.3. The van der Waals surface area contributed by atoms with Gasteiger partial charge in [-0.25, -0.2) is 0 Å². The molecule has 0 bridgehead atoms. The topological polar surface area (TPSA) is 108 Å². The molecule has 2 saturated heterocycles. The lowest BCUT2D eigenvalue weighted by Crippen LogP contribution is -2.48. The number of benzene rings is 1. The summed E-state index contributed by atoms with van der Waals surface area (Å²) in [5.74, 6) is -0.308. The minimum atomic E-state index is -0.456. The normalized spacial score (nSPS) is 17.6. The van der Waals surface area contributed by atoms with Crippen LogP contribution in [-0.4, -0.2) is 92.1 Å². The summed E-state index contributed by atoms with van der Waals surface area (Å²) in [6.07, 6.45) is 0.812. The first-order chi connectivity index (χ1) is 14.5. The molecular weight excluding hydrogens is 390 g/mol. The van der Waals surface area contributed by atoms with Crippen LogP contribution in [0.4, 0.5) is 11.4 Å². The quantitative estimate of drug-likeness (QED) is 0.394. The number of carbonyl (C=O) groups excluding carboxylic acids is 2. The van der Waals surface area contributed by atoms with E-state index >= 15 is 0 Å². The monoisotopic (exact) mass is 419 g/mol. The Balaban J connectivity index is 1.56. The number of amides is 2. The number of nitro benzene ring substituents is 1. The van der Waals surface area contributed by atoms with Gasteiger partial charge in [-0.1, -0.05) is 0 Å². The fraction of sp³-hybridized carbons (Fsp3) is 0.600. The molecule has 0 atom stereocenters. The summed E-state index contributed by atoms with van der Waals surface area (Å²) in [7, 11) is 0. The molecule has 30 heavy (non-hydrogen) atoms.